The molecule has 1 aromatic carbocycles. The third kappa shape index (κ3) is 2.35. The summed E-state index contributed by atoms with van der Waals surface area (Å²) >= 11 is 1.45. The number of hydrogen-bond acceptors (Lipinski definition) is 5. The average molecular weight is 278 g/mol. The SMILES string of the molecule is CSCC[C@@H](C(=O)[O-])N1C(=O)c2ccccc2C1=O. The van der Waals surface area contributed by atoms with Crippen LogP contribution < -0.4 is 5.11 Å². The normalized spacial score (nSPS) is 15.5. The molecular weight excluding hydrogens is 266 g/mol. The highest BCUT2D eigenvalue weighted by molar-refractivity contribution is 7.98. The van der Waals surface area contributed by atoms with E-state index in [0.717, 1.165) is 4.90 Å². The second-order valence-electron chi connectivity index (χ2n) is 4.14. The zero-order chi connectivity index (χ0) is 14.0. The van der Waals surface area contributed by atoms with Crippen molar-refractivity contribution in [3.8, 4) is 0 Å². The molecule has 100 valence electrons. The number of nitrogens with zero attached hydrogens (tertiary/aromatic N) is 1. The highest BCUT2D eigenvalue weighted by atomic mass is 32.2. The van der Waals surface area contributed by atoms with Crippen LogP contribution in [0.5, 0.6) is 0 Å². The van der Waals surface area contributed by atoms with Gasteiger partial charge < -0.3 is 9.90 Å². The summed E-state index contributed by atoms with van der Waals surface area (Å²) in [6.07, 6.45) is 2.02. The lowest BCUT2D eigenvalue weighted by atomic mass is 10.1. The highest BCUT2D eigenvalue weighted by Gasteiger charge is 2.39. The molecule has 1 aromatic rings. The predicted molar refractivity (Wildman–Crippen MR) is 68.7 cm³/mol. The number of aliphatic carboxylic acids is 1. The van der Waals surface area contributed by atoms with Crippen molar-refractivity contribution in [2.75, 3.05) is 12.0 Å². The first-order chi connectivity index (χ1) is 9.07. The summed E-state index contributed by atoms with van der Waals surface area (Å²) in [4.78, 5) is 36.2. The predicted octanol–water partition coefficient (Wildman–Crippen LogP) is 0.154. The van der Waals surface area contributed by atoms with Gasteiger partial charge in [-0.1, -0.05) is 12.1 Å². The first kappa shape index (κ1) is 13.6. The Morgan fingerprint density at radius 3 is 2.21 bits per heavy atom. The van der Waals surface area contributed by atoms with Crippen molar-refractivity contribution < 1.29 is 19.5 Å². The van der Waals surface area contributed by atoms with Crippen LogP contribution in [0.2, 0.25) is 0 Å². The Morgan fingerprint density at radius 2 is 1.79 bits per heavy atom. The number of benzene rings is 1. The van der Waals surface area contributed by atoms with Crippen LogP contribution in [0.4, 0.5) is 0 Å². The summed E-state index contributed by atoms with van der Waals surface area (Å²) in [5, 5.41) is 11.2. The molecular formula is C13H12NO4S-. The zero-order valence-corrected chi connectivity index (χ0v) is 11.1. The number of carbonyl (C=O) groups is 3. The zero-order valence-electron chi connectivity index (χ0n) is 10.3. The lowest BCUT2D eigenvalue weighted by Crippen LogP contribution is -2.50. The Kier molecular flexibility index (Phi) is 3.90. The molecule has 1 atom stereocenters. The minimum atomic E-state index is -1.40. The van der Waals surface area contributed by atoms with Crippen LogP contribution in [0.15, 0.2) is 24.3 Å². The van der Waals surface area contributed by atoms with Gasteiger partial charge in [0.2, 0.25) is 0 Å². The molecule has 0 radical (unpaired) electrons. The fraction of sp³-hybridized carbons (Fsp3) is 0.308. The second kappa shape index (κ2) is 5.44. The van der Waals surface area contributed by atoms with E-state index >= 15 is 0 Å². The molecule has 0 unspecified atom stereocenters. The van der Waals surface area contributed by atoms with Crippen molar-refractivity contribution in [3.63, 3.8) is 0 Å². The van der Waals surface area contributed by atoms with Gasteiger partial charge in [0.1, 0.15) is 0 Å². The van der Waals surface area contributed by atoms with Crippen molar-refractivity contribution >= 4 is 29.5 Å². The number of imide groups is 1. The van der Waals surface area contributed by atoms with E-state index in [9.17, 15) is 19.5 Å². The van der Waals surface area contributed by atoms with Crippen LogP contribution in [-0.4, -0.2) is 40.7 Å². The van der Waals surface area contributed by atoms with E-state index in [-0.39, 0.29) is 17.5 Å². The van der Waals surface area contributed by atoms with E-state index in [4.69, 9.17) is 0 Å². The fourth-order valence-corrected chi connectivity index (χ4v) is 2.53. The number of rotatable bonds is 5. The van der Waals surface area contributed by atoms with Crippen molar-refractivity contribution in [3.05, 3.63) is 35.4 Å². The Balaban J connectivity index is 2.33. The largest absolute Gasteiger partial charge is 0.548 e. The van der Waals surface area contributed by atoms with Gasteiger partial charge >= 0.3 is 0 Å². The maximum absolute atomic E-state index is 12.1. The molecule has 19 heavy (non-hydrogen) atoms. The first-order valence-corrected chi connectivity index (χ1v) is 7.14. The lowest BCUT2D eigenvalue weighted by molar-refractivity contribution is -0.310. The van der Waals surface area contributed by atoms with Crippen molar-refractivity contribution in [2.45, 2.75) is 12.5 Å². The van der Waals surface area contributed by atoms with Crippen LogP contribution in [-0.2, 0) is 4.79 Å². The quantitative estimate of drug-likeness (QED) is 0.717. The fourth-order valence-electron chi connectivity index (χ4n) is 2.07. The molecule has 2 rings (SSSR count). The van der Waals surface area contributed by atoms with Crippen molar-refractivity contribution in [1.82, 2.24) is 4.90 Å². The maximum atomic E-state index is 12.1. The van der Waals surface area contributed by atoms with Gasteiger partial charge in [0.05, 0.1) is 23.1 Å². The minimum Gasteiger partial charge on any atom is -0.548 e. The molecule has 0 aliphatic carbocycles. The van der Waals surface area contributed by atoms with Crippen molar-refractivity contribution in [1.29, 1.82) is 0 Å². The number of carboxylic acids is 1. The summed E-state index contributed by atoms with van der Waals surface area (Å²) in [5.74, 6) is -1.98. The molecule has 5 nitrogen and oxygen atoms in total. The van der Waals surface area contributed by atoms with Gasteiger partial charge in [-0.25, -0.2) is 0 Å². The molecule has 2 amide bonds. The molecule has 0 bridgehead atoms. The summed E-state index contributed by atoms with van der Waals surface area (Å²) in [6, 6.07) is 5.12. The van der Waals surface area contributed by atoms with Gasteiger partial charge in [-0.15, -0.1) is 0 Å². The van der Waals surface area contributed by atoms with Gasteiger partial charge in [-0.05, 0) is 30.6 Å². The Hall–Kier alpha value is -1.82. The molecule has 0 fully saturated rings. The van der Waals surface area contributed by atoms with Crippen LogP contribution >= 0.6 is 11.8 Å². The molecule has 0 spiro atoms. The number of carboxylic acid groups (broad SMARTS) is 1. The first-order valence-electron chi connectivity index (χ1n) is 5.74. The van der Waals surface area contributed by atoms with Gasteiger partial charge in [-0.2, -0.15) is 11.8 Å². The van der Waals surface area contributed by atoms with E-state index in [1.165, 1.54) is 23.9 Å². The van der Waals surface area contributed by atoms with Crippen LogP contribution in [0.1, 0.15) is 27.1 Å². The van der Waals surface area contributed by atoms with E-state index < -0.39 is 23.8 Å². The number of thioether (sulfide) groups is 1. The maximum Gasteiger partial charge on any atom is 0.262 e. The highest BCUT2D eigenvalue weighted by Crippen LogP contribution is 2.25. The Labute approximate surface area is 114 Å². The number of carbonyl (C=O) groups excluding carboxylic acids is 3. The summed E-state index contributed by atoms with van der Waals surface area (Å²) in [5.41, 5.74) is 0.505. The monoisotopic (exact) mass is 278 g/mol. The molecule has 1 heterocycles. The second-order valence-corrected chi connectivity index (χ2v) is 5.13. The molecule has 0 saturated carbocycles. The summed E-state index contributed by atoms with van der Waals surface area (Å²) in [7, 11) is 0. The summed E-state index contributed by atoms with van der Waals surface area (Å²) < 4.78 is 0. The molecule has 1 aliphatic heterocycles. The Bertz CT molecular complexity index is 508. The molecule has 0 saturated heterocycles. The standard InChI is InChI=1S/C13H13NO4S/c1-19-7-6-10(13(17)18)14-11(15)8-4-2-3-5-9(8)12(14)16/h2-5,10H,6-7H2,1H3,(H,17,18)/p-1/t10-/m0/s1. The summed E-state index contributed by atoms with van der Waals surface area (Å²) in [6.45, 7) is 0. The third-order valence-electron chi connectivity index (χ3n) is 3.00. The van der Waals surface area contributed by atoms with E-state index in [1.54, 1.807) is 12.1 Å². The van der Waals surface area contributed by atoms with Gasteiger partial charge in [-0.3, -0.25) is 14.5 Å². The number of hydrogen-bond donors (Lipinski definition) is 0. The molecule has 6 heteroatoms. The molecule has 1 aliphatic rings. The van der Waals surface area contributed by atoms with Gasteiger partial charge in [0.15, 0.2) is 0 Å². The lowest BCUT2D eigenvalue weighted by Gasteiger charge is -2.26. The molecule has 0 aromatic heterocycles. The van der Waals surface area contributed by atoms with Crippen LogP contribution in [0, 0.1) is 0 Å². The van der Waals surface area contributed by atoms with E-state index in [0.29, 0.717) is 5.75 Å². The van der Waals surface area contributed by atoms with Crippen molar-refractivity contribution in [2.24, 2.45) is 0 Å². The molecule has 0 N–H and O–H groups in total. The van der Waals surface area contributed by atoms with E-state index in [1.807, 2.05) is 6.26 Å². The minimum absolute atomic E-state index is 0.189. The topological polar surface area (TPSA) is 77.5 Å². The van der Waals surface area contributed by atoms with E-state index in [2.05, 4.69) is 0 Å². The number of amides is 2. The number of fused-ring (bicyclic) bond motifs is 1. The Morgan fingerprint density at radius 1 is 1.26 bits per heavy atom. The van der Waals surface area contributed by atoms with Crippen LogP contribution in [0.3, 0.4) is 0 Å². The third-order valence-corrected chi connectivity index (χ3v) is 3.65. The van der Waals surface area contributed by atoms with Gasteiger partial charge in [0.25, 0.3) is 11.8 Å². The average Bonchev–Trinajstić information content (AvgIpc) is 2.64. The van der Waals surface area contributed by atoms with Gasteiger partial charge in [0, 0.05) is 0 Å². The van der Waals surface area contributed by atoms with Crippen LogP contribution in [0.25, 0.3) is 0 Å². The smallest absolute Gasteiger partial charge is 0.262 e.